The summed E-state index contributed by atoms with van der Waals surface area (Å²) in [5.74, 6) is -0.0112. The molecule has 0 heterocycles. The molecule has 4 heteroatoms. The van der Waals surface area contributed by atoms with Crippen LogP contribution in [-0.4, -0.2) is 25.7 Å². The average molecular weight is 250 g/mol. The predicted molar refractivity (Wildman–Crippen MR) is 72.1 cm³/mol. The summed E-state index contributed by atoms with van der Waals surface area (Å²) >= 11 is 0. The topological polar surface area (TPSA) is 64.3 Å². The standard InChI is InChI=1S/C14H22N2O2/c1-2-18-10-6-9-16-14(17)11-13(15)12-7-4-3-5-8-12/h3-5,7-8,13H,2,6,9-11,15H2,1H3,(H,16,17)/t13-/m1/s1. The van der Waals surface area contributed by atoms with Crippen molar-refractivity contribution in [2.24, 2.45) is 5.73 Å². The predicted octanol–water partition coefficient (Wildman–Crippen LogP) is 1.62. The second kappa shape index (κ2) is 8.66. The minimum atomic E-state index is -0.238. The van der Waals surface area contributed by atoms with Crippen LogP contribution in [0.15, 0.2) is 30.3 Å². The molecule has 0 spiro atoms. The molecule has 100 valence electrons. The molecule has 1 aromatic carbocycles. The van der Waals surface area contributed by atoms with Gasteiger partial charge in [-0.3, -0.25) is 4.79 Å². The van der Waals surface area contributed by atoms with Crippen molar-refractivity contribution in [1.29, 1.82) is 0 Å². The molecule has 0 saturated carbocycles. The van der Waals surface area contributed by atoms with Crippen LogP contribution in [0.25, 0.3) is 0 Å². The maximum Gasteiger partial charge on any atom is 0.221 e. The van der Waals surface area contributed by atoms with Gasteiger partial charge < -0.3 is 15.8 Å². The Labute approximate surface area is 109 Å². The summed E-state index contributed by atoms with van der Waals surface area (Å²) < 4.78 is 5.19. The smallest absolute Gasteiger partial charge is 0.221 e. The fourth-order valence-corrected chi connectivity index (χ4v) is 1.64. The van der Waals surface area contributed by atoms with E-state index in [0.29, 0.717) is 26.2 Å². The second-order valence-corrected chi connectivity index (χ2v) is 4.12. The summed E-state index contributed by atoms with van der Waals surface area (Å²) in [4.78, 5) is 11.6. The monoisotopic (exact) mass is 250 g/mol. The molecule has 0 saturated heterocycles. The van der Waals surface area contributed by atoms with E-state index in [4.69, 9.17) is 10.5 Å². The Morgan fingerprint density at radius 1 is 1.39 bits per heavy atom. The lowest BCUT2D eigenvalue weighted by Crippen LogP contribution is -2.28. The van der Waals surface area contributed by atoms with Crippen LogP contribution in [0.3, 0.4) is 0 Å². The fraction of sp³-hybridized carbons (Fsp3) is 0.500. The number of carbonyl (C=O) groups excluding carboxylic acids is 1. The number of rotatable bonds is 8. The van der Waals surface area contributed by atoms with Gasteiger partial charge in [-0.15, -0.1) is 0 Å². The van der Waals surface area contributed by atoms with E-state index < -0.39 is 0 Å². The lowest BCUT2D eigenvalue weighted by atomic mass is 10.0. The lowest BCUT2D eigenvalue weighted by molar-refractivity contribution is -0.121. The molecule has 0 aromatic heterocycles. The molecule has 0 bridgehead atoms. The van der Waals surface area contributed by atoms with E-state index in [1.165, 1.54) is 0 Å². The third-order valence-electron chi connectivity index (χ3n) is 2.62. The summed E-state index contributed by atoms with van der Waals surface area (Å²) in [6.07, 6.45) is 1.15. The molecule has 1 amide bonds. The largest absolute Gasteiger partial charge is 0.382 e. The normalized spacial score (nSPS) is 12.1. The third-order valence-corrected chi connectivity index (χ3v) is 2.62. The first kappa shape index (κ1) is 14.7. The van der Waals surface area contributed by atoms with Crippen molar-refractivity contribution in [3.05, 3.63) is 35.9 Å². The van der Waals surface area contributed by atoms with Crippen molar-refractivity contribution >= 4 is 5.91 Å². The van der Waals surface area contributed by atoms with E-state index in [0.717, 1.165) is 12.0 Å². The summed E-state index contributed by atoms with van der Waals surface area (Å²) in [6, 6.07) is 9.42. The highest BCUT2D eigenvalue weighted by molar-refractivity contribution is 5.76. The quantitative estimate of drug-likeness (QED) is 0.689. The molecule has 0 unspecified atom stereocenters. The van der Waals surface area contributed by atoms with E-state index in [-0.39, 0.29) is 11.9 Å². The fourth-order valence-electron chi connectivity index (χ4n) is 1.64. The SMILES string of the molecule is CCOCCCNC(=O)C[C@@H](N)c1ccccc1. The van der Waals surface area contributed by atoms with E-state index in [1.54, 1.807) is 0 Å². The van der Waals surface area contributed by atoms with Crippen LogP contribution < -0.4 is 11.1 Å². The van der Waals surface area contributed by atoms with Crippen molar-refractivity contribution in [3.63, 3.8) is 0 Å². The van der Waals surface area contributed by atoms with Crippen LogP contribution in [0.2, 0.25) is 0 Å². The number of benzene rings is 1. The minimum Gasteiger partial charge on any atom is -0.382 e. The van der Waals surface area contributed by atoms with Gasteiger partial charge in [0.2, 0.25) is 5.91 Å². The third kappa shape index (κ3) is 5.80. The molecular formula is C14H22N2O2. The summed E-state index contributed by atoms with van der Waals surface area (Å²) in [5.41, 5.74) is 6.95. The van der Waals surface area contributed by atoms with E-state index in [9.17, 15) is 4.79 Å². The van der Waals surface area contributed by atoms with Crippen molar-refractivity contribution < 1.29 is 9.53 Å². The molecule has 3 N–H and O–H groups in total. The molecule has 0 aliphatic rings. The van der Waals surface area contributed by atoms with Crippen LogP contribution in [0.4, 0.5) is 0 Å². The van der Waals surface area contributed by atoms with Crippen molar-refractivity contribution in [2.75, 3.05) is 19.8 Å². The lowest BCUT2D eigenvalue weighted by Gasteiger charge is -2.12. The maximum absolute atomic E-state index is 11.6. The average Bonchev–Trinajstić information content (AvgIpc) is 2.39. The molecule has 1 aromatic rings. The highest BCUT2D eigenvalue weighted by Gasteiger charge is 2.10. The molecule has 0 fully saturated rings. The second-order valence-electron chi connectivity index (χ2n) is 4.12. The number of nitrogens with one attached hydrogen (secondary N) is 1. The minimum absolute atomic E-state index is 0.0112. The molecule has 1 atom stereocenters. The first-order valence-corrected chi connectivity index (χ1v) is 6.39. The Morgan fingerprint density at radius 3 is 2.78 bits per heavy atom. The summed E-state index contributed by atoms with van der Waals surface area (Å²) in [7, 11) is 0. The van der Waals surface area contributed by atoms with Gasteiger partial charge in [0, 0.05) is 32.2 Å². The van der Waals surface area contributed by atoms with Gasteiger partial charge in [-0.05, 0) is 18.9 Å². The van der Waals surface area contributed by atoms with Crippen LogP contribution >= 0.6 is 0 Å². The van der Waals surface area contributed by atoms with Crippen LogP contribution in [0.1, 0.15) is 31.4 Å². The van der Waals surface area contributed by atoms with Crippen molar-refractivity contribution in [1.82, 2.24) is 5.32 Å². The molecule has 4 nitrogen and oxygen atoms in total. The van der Waals surface area contributed by atoms with Crippen LogP contribution in [-0.2, 0) is 9.53 Å². The van der Waals surface area contributed by atoms with Gasteiger partial charge in [-0.2, -0.15) is 0 Å². The van der Waals surface area contributed by atoms with Gasteiger partial charge in [0.15, 0.2) is 0 Å². The van der Waals surface area contributed by atoms with Gasteiger partial charge in [0.25, 0.3) is 0 Å². The number of nitrogens with two attached hydrogens (primary N) is 1. The molecule has 0 aliphatic heterocycles. The van der Waals surface area contributed by atoms with Crippen molar-refractivity contribution in [2.45, 2.75) is 25.8 Å². The van der Waals surface area contributed by atoms with Crippen molar-refractivity contribution in [3.8, 4) is 0 Å². The van der Waals surface area contributed by atoms with Gasteiger partial charge >= 0.3 is 0 Å². The summed E-state index contributed by atoms with van der Waals surface area (Å²) in [5, 5.41) is 2.84. The van der Waals surface area contributed by atoms with Gasteiger partial charge in [0.05, 0.1) is 0 Å². The number of amides is 1. The van der Waals surface area contributed by atoms with Crippen LogP contribution in [0, 0.1) is 0 Å². The zero-order valence-electron chi connectivity index (χ0n) is 10.9. The molecular weight excluding hydrogens is 228 g/mol. The maximum atomic E-state index is 11.6. The first-order valence-electron chi connectivity index (χ1n) is 6.39. The molecule has 0 radical (unpaired) electrons. The van der Waals surface area contributed by atoms with E-state index in [2.05, 4.69) is 5.32 Å². The van der Waals surface area contributed by atoms with E-state index in [1.807, 2.05) is 37.3 Å². The highest BCUT2D eigenvalue weighted by Crippen LogP contribution is 2.12. The van der Waals surface area contributed by atoms with E-state index >= 15 is 0 Å². The van der Waals surface area contributed by atoms with Gasteiger partial charge in [-0.25, -0.2) is 0 Å². The highest BCUT2D eigenvalue weighted by atomic mass is 16.5. The van der Waals surface area contributed by atoms with Gasteiger partial charge in [0.1, 0.15) is 0 Å². The Bertz CT molecular complexity index is 341. The Balaban J connectivity index is 2.20. The Kier molecular flexibility index (Phi) is 7.06. The number of ether oxygens (including phenoxy) is 1. The first-order chi connectivity index (χ1) is 8.74. The summed E-state index contributed by atoms with van der Waals surface area (Å²) in [6.45, 7) is 3.99. The molecule has 18 heavy (non-hydrogen) atoms. The molecule has 1 rings (SSSR count). The zero-order valence-corrected chi connectivity index (χ0v) is 10.9. The zero-order chi connectivity index (χ0) is 13.2. The Morgan fingerprint density at radius 2 is 2.11 bits per heavy atom. The Hall–Kier alpha value is -1.39. The number of hydrogen-bond donors (Lipinski definition) is 2. The number of carbonyl (C=O) groups is 1. The van der Waals surface area contributed by atoms with Crippen LogP contribution in [0.5, 0.6) is 0 Å². The molecule has 0 aliphatic carbocycles. The number of hydrogen-bond acceptors (Lipinski definition) is 3. The van der Waals surface area contributed by atoms with Gasteiger partial charge in [-0.1, -0.05) is 30.3 Å².